The first kappa shape index (κ1) is 21.7. The van der Waals surface area contributed by atoms with Crippen LogP contribution >= 0.6 is 11.6 Å². The van der Waals surface area contributed by atoms with Gasteiger partial charge in [0.15, 0.2) is 0 Å². The van der Waals surface area contributed by atoms with Crippen molar-refractivity contribution in [3.05, 3.63) is 58.1 Å². The van der Waals surface area contributed by atoms with E-state index in [1.54, 1.807) is 7.11 Å². The molecule has 0 spiro atoms. The highest BCUT2D eigenvalue weighted by atomic mass is 35.5. The van der Waals surface area contributed by atoms with Crippen LogP contribution in [0.4, 0.5) is 5.69 Å². The fourth-order valence-corrected chi connectivity index (χ4v) is 6.14. The van der Waals surface area contributed by atoms with Crippen LogP contribution in [0.5, 0.6) is 5.75 Å². The molecule has 0 radical (unpaired) electrons. The molecule has 1 fully saturated rings. The smallest absolute Gasteiger partial charge is 0.244 e. The standard InChI is InChI=1S/C26H32ClN3O2/c1-26(2)15-18-6-4-5-17-7-9-22(25(31)30(26)24(17)18)29-12-11-28-16-21(29)14-19-13-20(27)8-10-23(19)32-3/h4-6,8,10,13,21-22,28H,7,9,11-12,14-16H2,1-3H3. The van der Waals surface area contributed by atoms with Gasteiger partial charge in [-0.05, 0) is 74.4 Å². The lowest BCUT2D eigenvalue weighted by Crippen LogP contribution is -2.61. The number of aryl methyl sites for hydroxylation is 1. The maximum Gasteiger partial charge on any atom is 0.244 e. The van der Waals surface area contributed by atoms with Gasteiger partial charge in [-0.3, -0.25) is 9.69 Å². The van der Waals surface area contributed by atoms with Gasteiger partial charge in [-0.25, -0.2) is 0 Å². The van der Waals surface area contributed by atoms with Crippen LogP contribution in [0.2, 0.25) is 5.02 Å². The molecule has 6 heteroatoms. The average Bonchev–Trinajstić information content (AvgIpc) is 2.94. The van der Waals surface area contributed by atoms with Crippen molar-refractivity contribution >= 4 is 23.2 Å². The molecule has 0 bridgehead atoms. The summed E-state index contributed by atoms with van der Waals surface area (Å²) in [5, 5.41) is 4.25. The number of carbonyl (C=O) groups is 1. The van der Waals surface area contributed by atoms with Gasteiger partial charge in [-0.15, -0.1) is 0 Å². The predicted molar refractivity (Wildman–Crippen MR) is 129 cm³/mol. The van der Waals surface area contributed by atoms with E-state index in [9.17, 15) is 4.79 Å². The first-order valence-electron chi connectivity index (χ1n) is 11.6. The van der Waals surface area contributed by atoms with Crippen LogP contribution in [0.25, 0.3) is 0 Å². The van der Waals surface area contributed by atoms with Crippen LogP contribution in [0.3, 0.4) is 0 Å². The van der Waals surface area contributed by atoms with Crippen LogP contribution in [-0.4, -0.2) is 55.2 Å². The second kappa shape index (κ2) is 8.36. The van der Waals surface area contributed by atoms with Crippen LogP contribution in [0.1, 0.15) is 37.0 Å². The van der Waals surface area contributed by atoms with Crippen molar-refractivity contribution in [1.29, 1.82) is 0 Å². The van der Waals surface area contributed by atoms with Gasteiger partial charge in [0.2, 0.25) is 5.91 Å². The molecule has 3 aliphatic rings. The number of rotatable bonds is 4. The highest BCUT2D eigenvalue weighted by Gasteiger charge is 2.47. The molecule has 2 aromatic carbocycles. The fraction of sp³-hybridized carbons (Fsp3) is 0.500. The summed E-state index contributed by atoms with van der Waals surface area (Å²) in [5.74, 6) is 1.11. The van der Waals surface area contributed by atoms with E-state index in [2.05, 4.69) is 47.2 Å². The highest BCUT2D eigenvalue weighted by molar-refractivity contribution is 6.30. The van der Waals surface area contributed by atoms with Gasteiger partial charge in [-0.2, -0.15) is 0 Å². The maximum absolute atomic E-state index is 14.1. The first-order chi connectivity index (χ1) is 15.4. The molecule has 3 aliphatic heterocycles. The summed E-state index contributed by atoms with van der Waals surface area (Å²) in [5.41, 5.74) is 4.69. The van der Waals surface area contributed by atoms with Gasteiger partial charge in [0, 0.05) is 36.2 Å². The second-order valence-corrected chi connectivity index (χ2v) is 10.3. The number of para-hydroxylation sites is 1. The van der Waals surface area contributed by atoms with E-state index in [0.29, 0.717) is 5.02 Å². The quantitative estimate of drug-likeness (QED) is 0.763. The first-order valence-corrected chi connectivity index (χ1v) is 12.0. The molecule has 2 aromatic rings. The van der Waals surface area contributed by atoms with E-state index in [1.165, 1.54) is 16.8 Å². The summed E-state index contributed by atoms with van der Waals surface area (Å²) in [6.07, 6.45) is 3.50. The molecule has 5 nitrogen and oxygen atoms in total. The SMILES string of the molecule is COc1ccc(Cl)cc1CC1CNCCN1C1CCc2cccc3c2N(C1=O)C(C)(C)C3. The number of methoxy groups -OCH3 is 1. The molecule has 2 atom stereocenters. The predicted octanol–water partition coefficient (Wildman–Crippen LogP) is 3.85. The highest BCUT2D eigenvalue weighted by Crippen LogP contribution is 2.44. The largest absolute Gasteiger partial charge is 0.496 e. The Morgan fingerprint density at radius 2 is 2.03 bits per heavy atom. The molecule has 1 N–H and O–H groups in total. The van der Waals surface area contributed by atoms with Gasteiger partial charge >= 0.3 is 0 Å². The zero-order chi connectivity index (χ0) is 22.5. The molecule has 3 heterocycles. The monoisotopic (exact) mass is 453 g/mol. The van der Waals surface area contributed by atoms with E-state index >= 15 is 0 Å². The Bertz CT molecular complexity index is 1040. The van der Waals surface area contributed by atoms with Crippen molar-refractivity contribution in [2.75, 3.05) is 31.6 Å². The van der Waals surface area contributed by atoms with Crippen LogP contribution in [-0.2, 0) is 24.1 Å². The molecule has 2 unspecified atom stereocenters. The second-order valence-electron chi connectivity index (χ2n) is 9.90. The number of nitrogens with zero attached hydrogens (tertiary/aromatic N) is 2. The molecule has 170 valence electrons. The fourth-order valence-electron chi connectivity index (χ4n) is 5.94. The Balaban J connectivity index is 1.47. The summed E-state index contributed by atoms with van der Waals surface area (Å²) in [4.78, 5) is 18.6. The topological polar surface area (TPSA) is 44.8 Å². The lowest BCUT2D eigenvalue weighted by Gasteiger charge is -2.43. The number of benzene rings is 2. The third-order valence-corrected chi connectivity index (χ3v) is 7.58. The third-order valence-electron chi connectivity index (χ3n) is 7.34. The van der Waals surface area contributed by atoms with E-state index in [1.807, 2.05) is 18.2 Å². The maximum atomic E-state index is 14.1. The van der Waals surface area contributed by atoms with Crippen molar-refractivity contribution < 1.29 is 9.53 Å². The van der Waals surface area contributed by atoms with E-state index in [0.717, 1.165) is 56.6 Å². The summed E-state index contributed by atoms with van der Waals surface area (Å²) in [7, 11) is 1.70. The Hall–Kier alpha value is -2.08. The molecule has 0 aromatic heterocycles. The van der Waals surface area contributed by atoms with Crippen LogP contribution < -0.4 is 15.0 Å². The Morgan fingerprint density at radius 3 is 2.84 bits per heavy atom. The summed E-state index contributed by atoms with van der Waals surface area (Å²) in [6.45, 7) is 7.00. The number of hydrogen-bond acceptors (Lipinski definition) is 4. The van der Waals surface area contributed by atoms with Crippen molar-refractivity contribution in [3.8, 4) is 5.75 Å². The van der Waals surface area contributed by atoms with Gasteiger partial charge in [-0.1, -0.05) is 29.8 Å². The molecule has 0 aliphatic carbocycles. The summed E-state index contributed by atoms with van der Waals surface area (Å²) >= 11 is 6.30. The minimum absolute atomic E-state index is 0.120. The van der Waals surface area contributed by atoms with Gasteiger partial charge in [0.25, 0.3) is 0 Å². The molecule has 1 amide bonds. The number of anilines is 1. The van der Waals surface area contributed by atoms with E-state index in [-0.39, 0.29) is 23.5 Å². The van der Waals surface area contributed by atoms with Crippen molar-refractivity contribution in [3.63, 3.8) is 0 Å². The van der Waals surface area contributed by atoms with Gasteiger partial charge in [0.1, 0.15) is 5.75 Å². The van der Waals surface area contributed by atoms with Crippen molar-refractivity contribution in [1.82, 2.24) is 10.2 Å². The number of piperazine rings is 1. The van der Waals surface area contributed by atoms with Crippen molar-refractivity contribution in [2.45, 2.75) is 57.2 Å². The van der Waals surface area contributed by atoms with Crippen LogP contribution in [0.15, 0.2) is 36.4 Å². The number of hydrogen-bond donors (Lipinski definition) is 1. The van der Waals surface area contributed by atoms with Crippen LogP contribution in [0, 0.1) is 0 Å². The minimum Gasteiger partial charge on any atom is -0.496 e. The molecule has 0 saturated carbocycles. The Labute approximate surface area is 195 Å². The summed E-state index contributed by atoms with van der Waals surface area (Å²) in [6, 6.07) is 12.4. The zero-order valence-corrected chi connectivity index (χ0v) is 19.9. The number of halogens is 1. The number of ether oxygens (including phenoxy) is 1. The van der Waals surface area contributed by atoms with Gasteiger partial charge < -0.3 is 15.0 Å². The number of carbonyl (C=O) groups excluding carboxylic acids is 1. The number of amides is 1. The molecule has 1 saturated heterocycles. The molecule has 32 heavy (non-hydrogen) atoms. The summed E-state index contributed by atoms with van der Waals surface area (Å²) < 4.78 is 5.60. The zero-order valence-electron chi connectivity index (χ0n) is 19.2. The van der Waals surface area contributed by atoms with E-state index < -0.39 is 0 Å². The molecular formula is C26H32ClN3O2. The average molecular weight is 454 g/mol. The number of nitrogens with one attached hydrogen (secondary N) is 1. The Kier molecular flexibility index (Phi) is 5.68. The van der Waals surface area contributed by atoms with Crippen molar-refractivity contribution in [2.24, 2.45) is 0 Å². The normalized spacial score (nSPS) is 24.9. The lowest BCUT2D eigenvalue weighted by molar-refractivity contribution is -0.126. The lowest BCUT2D eigenvalue weighted by atomic mass is 9.94. The van der Waals surface area contributed by atoms with Gasteiger partial charge in [0.05, 0.1) is 18.8 Å². The minimum atomic E-state index is -0.197. The Morgan fingerprint density at radius 1 is 1.22 bits per heavy atom. The molecule has 5 rings (SSSR count). The third kappa shape index (κ3) is 3.70. The van der Waals surface area contributed by atoms with E-state index in [4.69, 9.17) is 16.3 Å². The molecular weight excluding hydrogens is 422 g/mol.